The number of alkyl halides is 7. The molecule has 0 radical (unpaired) electrons. The van der Waals surface area contributed by atoms with Gasteiger partial charge in [-0.15, -0.1) is 0 Å². The van der Waals surface area contributed by atoms with Crippen molar-refractivity contribution in [2.24, 2.45) is 27.2 Å². The average molecular weight is 405 g/mol. The number of aliphatic imine (C=N–C) groups is 2. The Morgan fingerprint density at radius 1 is 0.926 bits per heavy atom. The van der Waals surface area contributed by atoms with Crippen molar-refractivity contribution in [1.82, 2.24) is 0 Å². The van der Waals surface area contributed by atoms with Crippen molar-refractivity contribution in [1.29, 1.82) is 0 Å². The predicted octanol–water partition coefficient (Wildman–Crippen LogP) is 2.13. The van der Waals surface area contributed by atoms with Gasteiger partial charge >= 0.3 is 18.5 Å². The van der Waals surface area contributed by atoms with E-state index in [0.717, 1.165) is 18.2 Å². The molecule has 0 bridgehead atoms. The zero-order valence-electron chi connectivity index (χ0n) is 13.3. The highest BCUT2D eigenvalue weighted by atomic mass is 19.4. The van der Waals surface area contributed by atoms with Crippen molar-refractivity contribution in [2.45, 2.75) is 18.5 Å². The topological polar surface area (TPSA) is 121 Å². The van der Waals surface area contributed by atoms with Crippen LogP contribution in [0.4, 0.5) is 36.4 Å². The Morgan fingerprint density at radius 2 is 1.44 bits per heavy atom. The normalized spacial score (nSPS) is 12.8. The number of nitrogens with zero attached hydrogens (tertiary/aromatic N) is 2. The summed E-state index contributed by atoms with van der Waals surface area (Å²) in [5.41, 5.74) is 15.2. The first-order valence-electron chi connectivity index (χ1n) is 6.86. The lowest BCUT2D eigenvalue weighted by Crippen LogP contribution is -2.33. The van der Waals surface area contributed by atoms with E-state index >= 15 is 0 Å². The number of halogens is 7. The molecule has 27 heavy (non-hydrogen) atoms. The Balaban J connectivity index is 3.13. The summed E-state index contributed by atoms with van der Waals surface area (Å²) < 4.78 is 96.0. The molecule has 152 valence electrons. The van der Waals surface area contributed by atoms with Gasteiger partial charge in [0, 0.05) is 18.2 Å². The van der Waals surface area contributed by atoms with Gasteiger partial charge in [-0.05, 0) is 0 Å². The van der Waals surface area contributed by atoms with Gasteiger partial charge in [0.05, 0.1) is 5.69 Å². The van der Waals surface area contributed by atoms with Crippen LogP contribution in [0.5, 0.6) is 11.5 Å². The van der Waals surface area contributed by atoms with Crippen molar-refractivity contribution >= 4 is 17.6 Å². The highest BCUT2D eigenvalue weighted by molar-refractivity contribution is 5.93. The molecule has 1 aromatic carbocycles. The summed E-state index contributed by atoms with van der Waals surface area (Å²) in [5.74, 6) is -6.50. The van der Waals surface area contributed by atoms with Gasteiger partial charge in [-0.3, -0.25) is 0 Å². The molecule has 6 N–H and O–H groups in total. The molecule has 0 aliphatic carbocycles. The van der Waals surface area contributed by atoms with Crippen molar-refractivity contribution in [3.63, 3.8) is 0 Å². The third-order valence-electron chi connectivity index (χ3n) is 2.51. The molecule has 7 nitrogen and oxygen atoms in total. The maximum atomic E-state index is 12.9. The van der Waals surface area contributed by atoms with Gasteiger partial charge in [-0.25, -0.2) is 13.8 Å². The van der Waals surface area contributed by atoms with Crippen LogP contribution in [-0.4, -0.2) is 43.7 Å². The molecule has 14 heteroatoms. The number of guanidine groups is 2. The van der Waals surface area contributed by atoms with Gasteiger partial charge in [0.2, 0.25) is 5.96 Å². The summed E-state index contributed by atoms with van der Waals surface area (Å²) in [6.07, 6.45) is -8.70. The first kappa shape index (κ1) is 22.1. The fourth-order valence-electron chi connectivity index (χ4n) is 1.49. The summed E-state index contributed by atoms with van der Waals surface area (Å²) in [5, 5.41) is 0. The van der Waals surface area contributed by atoms with E-state index in [1.165, 1.54) is 0 Å². The van der Waals surface area contributed by atoms with E-state index in [-0.39, 0.29) is 5.69 Å². The van der Waals surface area contributed by atoms with Crippen molar-refractivity contribution in [2.75, 3.05) is 13.2 Å². The van der Waals surface area contributed by atoms with Crippen LogP contribution >= 0.6 is 0 Å². The first-order valence-corrected chi connectivity index (χ1v) is 6.86. The van der Waals surface area contributed by atoms with E-state index in [1.807, 2.05) is 0 Å². The lowest BCUT2D eigenvalue weighted by atomic mass is 10.2. The molecule has 0 aliphatic heterocycles. The van der Waals surface area contributed by atoms with Crippen LogP contribution in [0, 0.1) is 0 Å². The minimum atomic E-state index is -4.69. The number of benzene rings is 1. The highest BCUT2D eigenvalue weighted by Crippen LogP contribution is 2.31. The van der Waals surface area contributed by atoms with Crippen LogP contribution in [0.2, 0.25) is 0 Å². The van der Waals surface area contributed by atoms with E-state index in [1.54, 1.807) is 0 Å². The number of nitrogens with two attached hydrogens (primary N) is 3. The van der Waals surface area contributed by atoms with Gasteiger partial charge in [-0.2, -0.15) is 26.9 Å². The molecular weight excluding hydrogens is 391 g/mol. The second-order valence-corrected chi connectivity index (χ2v) is 4.92. The summed E-state index contributed by atoms with van der Waals surface area (Å²) >= 11 is 0. The summed E-state index contributed by atoms with van der Waals surface area (Å²) in [4.78, 5) is 6.96. The Labute approximate surface area is 147 Å². The van der Waals surface area contributed by atoms with E-state index in [0.29, 0.717) is 0 Å². The molecule has 0 heterocycles. The molecule has 0 unspecified atom stereocenters. The number of hydrogen-bond donors (Lipinski definition) is 3. The zero-order chi connectivity index (χ0) is 20.8. The van der Waals surface area contributed by atoms with Gasteiger partial charge in [0.15, 0.2) is 19.2 Å². The minimum Gasteiger partial charge on any atom is -0.487 e. The Kier molecular flexibility index (Phi) is 7.07. The largest absolute Gasteiger partial charge is 0.487 e. The second-order valence-electron chi connectivity index (χ2n) is 4.92. The SMILES string of the molecule is NC(N)=NC(N)=Nc1cc(OCC(F)(F)F)cc(OCC(F)(F)C(F)F)c1. The van der Waals surface area contributed by atoms with Crippen molar-refractivity contribution < 1.29 is 40.2 Å². The predicted molar refractivity (Wildman–Crippen MR) is 81.5 cm³/mol. The van der Waals surface area contributed by atoms with E-state index in [2.05, 4.69) is 19.5 Å². The summed E-state index contributed by atoms with van der Waals surface area (Å²) in [6, 6.07) is 2.65. The molecule has 0 saturated heterocycles. The summed E-state index contributed by atoms with van der Waals surface area (Å²) in [7, 11) is 0. The van der Waals surface area contributed by atoms with Crippen LogP contribution in [0.1, 0.15) is 0 Å². The fourth-order valence-corrected chi connectivity index (χ4v) is 1.49. The maximum Gasteiger partial charge on any atom is 0.422 e. The maximum absolute atomic E-state index is 12.9. The smallest absolute Gasteiger partial charge is 0.422 e. The third-order valence-corrected chi connectivity index (χ3v) is 2.51. The molecule has 0 amide bonds. The molecule has 0 aliphatic rings. The quantitative estimate of drug-likeness (QED) is 0.365. The van der Waals surface area contributed by atoms with Gasteiger partial charge in [0.1, 0.15) is 11.5 Å². The standard InChI is InChI=1S/C13H14F7N5O2/c14-9(15)12(16,17)4-26-7-1-6(24-11(23)25-10(21)22)2-8(3-7)27-5-13(18,19)20/h1-3,9H,4-5H2,(H6,21,22,23,24,25). The third kappa shape index (κ3) is 8.33. The molecular formula is C13H14F7N5O2. The van der Waals surface area contributed by atoms with Gasteiger partial charge in [0.25, 0.3) is 0 Å². The van der Waals surface area contributed by atoms with Crippen LogP contribution in [-0.2, 0) is 0 Å². The average Bonchev–Trinajstić information content (AvgIpc) is 2.49. The minimum absolute atomic E-state index is 0.243. The molecule has 0 atom stereocenters. The van der Waals surface area contributed by atoms with Crippen molar-refractivity contribution in [3.05, 3.63) is 18.2 Å². The molecule has 0 spiro atoms. The van der Waals surface area contributed by atoms with Crippen LogP contribution in [0.15, 0.2) is 28.2 Å². The molecule has 1 rings (SSSR count). The Morgan fingerprint density at radius 3 is 1.89 bits per heavy atom. The second kappa shape index (κ2) is 8.64. The Bertz CT molecular complexity index is 703. The first-order chi connectivity index (χ1) is 12.3. The number of ether oxygens (including phenoxy) is 2. The van der Waals surface area contributed by atoms with Gasteiger partial charge in [-0.1, -0.05) is 0 Å². The molecule has 0 fully saturated rings. The Hall–Kier alpha value is -2.93. The lowest BCUT2D eigenvalue weighted by molar-refractivity contribution is -0.153. The number of hydrogen-bond acceptors (Lipinski definition) is 3. The van der Waals surface area contributed by atoms with Crippen LogP contribution < -0.4 is 26.7 Å². The molecule has 0 aromatic heterocycles. The van der Waals surface area contributed by atoms with Crippen LogP contribution in [0.3, 0.4) is 0 Å². The monoisotopic (exact) mass is 405 g/mol. The zero-order valence-corrected chi connectivity index (χ0v) is 13.3. The van der Waals surface area contributed by atoms with E-state index in [4.69, 9.17) is 17.2 Å². The number of rotatable bonds is 7. The lowest BCUT2D eigenvalue weighted by Gasteiger charge is -2.17. The van der Waals surface area contributed by atoms with Crippen LogP contribution in [0.25, 0.3) is 0 Å². The van der Waals surface area contributed by atoms with Crippen molar-refractivity contribution in [3.8, 4) is 11.5 Å². The summed E-state index contributed by atoms with van der Waals surface area (Å²) in [6.45, 7) is -3.45. The molecule has 1 aromatic rings. The van der Waals surface area contributed by atoms with E-state index < -0.39 is 55.2 Å². The molecule has 0 saturated carbocycles. The van der Waals surface area contributed by atoms with E-state index in [9.17, 15) is 30.7 Å². The fraction of sp³-hybridized carbons (Fsp3) is 0.385. The van der Waals surface area contributed by atoms with Gasteiger partial charge < -0.3 is 26.7 Å². The highest BCUT2D eigenvalue weighted by Gasteiger charge is 2.41.